The number of benzene rings is 2. The number of hydrogen-bond donors (Lipinski definition) is 1. The lowest BCUT2D eigenvalue weighted by molar-refractivity contribution is 0.358. The predicted octanol–water partition coefficient (Wildman–Crippen LogP) is 5.46. The van der Waals surface area contributed by atoms with E-state index in [4.69, 9.17) is 0 Å². The maximum Gasteiger partial charge on any atom is 0.296 e. The van der Waals surface area contributed by atoms with Gasteiger partial charge in [-0.2, -0.15) is 4.98 Å². The zero-order valence-electron chi connectivity index (χ0n) is 20.9. The van der Waals surface area contributed by atoms with E-state index in [1.165, 1.54) is 59.3 Å². The number of rotatable bonds is 9. The smallest absolute Gasteiger partial charge is 0.296 e. The first-order chi connectivity index (χ1) is 18.2. The van der Waals surface area contributed by atoms with Crippen molar-refractivity contribution >= 4 is 9.84 Å². The Kier molecular flexibility index (Phi) is 8.01. The number of aromatic nitrogens is 3. The maximum atomic E-state index is 14.1. The Hall–Kier alpha value is -3.92. The van der Waals surface area contributed by atoms with E-state index in [9.17, 15) is 27.1 Å². The third-order valence-corrected chi connectivity index (χ3v) is 8.08. The highest BCUT2D eigenvalue weighted by molar-refractivity contribution is 7.91. The number of halogens is 2. The third-order valence-electron chi connectivity index (χ3n) is 6.29. The topological polar surface area (TPSA) is 102 Å². The average Bonchev–Trinajstić information content (AvgIpc) is 2.89. The van der Waals surface area contributed by atoms with Crippen molar-refractivity contribution in [2.24, 2.45) is 0 Å². The number of aromatic hydroxyl groups is 1. The fraction of sp³-hybridized carbons (Fsp3) is 0.250. The van der Waals surface area contributed by atoms with Crippen LogP contribution in [0.5, 0.6) is 5.88 Å². The van der Waals surface area contributed by atoms with Gasteiger partial charge >= 0.3 is 0 Å². The van der Waals surface area contributed by atoms with Gasteiger partial charge in [0.25, 0.3) is 5.56 Å². The number of nitrogens with zero attached hydrogens (tertiary/aromatic N) is 3. The van der Waals surface area contributed by atoms with Crippen molar-refractivity contribution in [1.82, 2.24) is 14.5 Å². The molecular weight excluding hydrogens is 512 g/mol. The molecule has 7 nitrogen and oxygen atoms in total. The molecule has 4 aromatic rings. The van der Waals surface area contributed by atoms with Crippen LogP contribution in [0.2, 0.25) is 0 Å². The highest BCUT2D eigenvalue weighted by Gasteiger charge is 2.32. The second kappa shape index (κ2) is 11.2. The summed E-state index contributed by atoms with van der Waals surface area (Å²) in [5, 5.41) is 11.3. The van der Waals surface area contributed by atoms with Crippen LogP contribution >= 0.6 is 0 Å². The molecule has 0 amide bonds. The van der Waals surface area contributed by atoms with Gasteiger partial charge in [0.15, 0.2) is 4.90 Å². The van der Waals surface area contributed by atoms with Crippen molar-refractivity contribution in [2.75, 3.05) is 0 Å². The van der Waals surface area contributed by atoms with Crippen LogP contribution in [0.1, 0.15) is 50.5 Å². The van der Waals surface area contributed by atoms with Gasteiger partial charge in [-0.3, -0.25) is 14.3 Å². The summed E-state index contributed by atoms with van der Waals surface area (Å²) in [5.74, 6) is -1.54. The van der Waals surface area contributed by atoms with Crippen molar-refractivity contribution in [2.45, 2.75) is 55.4 Å². The summed E-state index contributed by atoms with van der Waals surface area (Å²) >= 11 is 0. The molecule has 1 atom stereocenters. The molecule has 38 heavy (non-hydrogen) atoms. The fourth-order valence-electron chi connectivity index (χ4n) is 4.42. The lowest BCUT2D eigenvalue weighted by atomic mass is 10.0. The largest absolute Gasteiger partial charge is 0.493 e. The zero-order chi connectivity index (χ0) is 27.4. The van der Waals surface area contributed by atoms with Crippen molar-refractivity contribution in [1.29, 1.82) is 0 Å². The van der Waals surface area contributed by atoms with Crippen LogP contribution in [0.15, 0.2) is 81.6 Å². The van der Waals surface area contributed by atoms with Crippen molar-refractivity contribution in [3.05, 3.63) is 100 Å². The van der Waals surface area contributed by atoms with Gasteiger partial charge < -0.3 is 5.11 Å². The van der Waals surface area contributed by atoms with Gasteiger partial charge in [-0.05, 0) is 54.3 Å². The molecule has 0 saturated heterocycles. The summed E-state index contributed by atoms with van der Waals surface area (Å²) in [4.78, 5) is 19.8. The molecular formula is C28H27F2N3O4S. The third kappa shape index (κ3) is 5.35. The van der Waals surface area contributed by atoms with Crippen LogP contribution < -0.4 is 5.56 Å². The second-order valence-electron chi connectivity index (χ2n) is 8.86. The van der Waals surface area contributed by atoms with Gasteiger partial charge in [0.1, 0.15) is 17.5 Å². The second-order valence-corrected chi connectivity index (χ2v) is 10.7. The lowest BCUT2D eigenvalue weighted by Gasteiger charge is -2.25. The minimum Gasteiger partial charge on any atom is -0.493 e. The molecule has 0 radical (unpaired) electrons. The molecule has 0 fully saturated rings. The van der Waals surface area contributed by atoms with Gasteiger partial charge in [-0.1, -0.05) is 44.5 Å². The lowest BCUT2D eigenvalue weighted by Crippen LogP contribution is -2.27. The predicted molar refractivity (Wildman–Crippen MR) is 139 cm³/mol. The Morgan fingerprint density at radius 1 is 0.974 bits per heavy atom. The molecule has 0 saturated carbocycles. The highest BCUT2D eigenvalue weighted by atomic mass is 32.2. The molecule has 0 spiro atoms. The minimum absolute atomic E-state index is 0.221. The Balaban J connectivity index is 1.86. The molecule has 2 aromatic heterocycles. The van der Waals surface area contributed by atoms with Crippen LogP contribution in [0.3, 0.4) is 0 Å². The Bertz CT molecular complexity index is 1620. The number of aryl methyl sites for hydroxylation is 1. The van der Waals surface area contributed by atoms with Gasteiger partial charge in [-0.25, -0.2) is 17.2 Å². The van der Waals surface area contributed by atoms with Crippen LogP contribution in [-0.2, 0) is 16.3 Å². The maximum absolute atomic E-state index is 14.1. The van der Waals surface area contributed by atoms with E-state index in [-0.39, 0.29) is 10.7 Å². The fourth-order valence-corrected chi connectivity index (χ4v) is 5.76. The van der Waals surface area contributed by atoms with Crippen molar-refractivity contribution in [3.63, 3.8) is 0 Å². The normalized spacial score (nSPS) is 12.4. The zero-order valence-corrected chi connectivity index (χ0v) is 21.8. The first kappa shape index (κ1) is 27.1. The first-order valence-electron chi connectivity index (χ1n) is 12.2. The number of pyridine rings is 1. The number of hydrogen-bond acceptors (Lipinski definition) is 6. The van der Waals surface area contributed by atoms with E-state index in [2.05, 4.69) is 9.97 Å². The van der Waals surface area contributed by atoms with Gasteiger partial charge in [-0.15, -0.1) is 0 Å². The van der Waals surface area contributed by atoms with Crippen LogP contribution in [0.4, 0.5) is 8.78 Å². The summed E-state index contributed by atoms with van der Waals surface area (Å²) in [6.07, 6.45) is 4.61. The quantitative estimate of drug-likeness (QED) is 0.303. The van der Waals surface area contributed by atoms with E-state index >= 15 is 0 Å². The van der Waals surface area contributed by atoms with E-state index in [1.807, 2.05) is 13.8 Å². The first-order valence-corrected chi connectivity index (χ1v) is 13.7. The minimum atomic E-state index is -4.51. The van der Waals surface area contributed by atoms with Crippen LogP contribution in [0, 0.1) is 11.6 Å². The molecule has 0 aliphatic heterocycles. The summed E-state index contributed by atoms with van der Waals surface area (Å²) in [6, 6.07) is 11.9. The summed E-state index contributed by atoms with van der Waals surface area (Å²) in [7, 11) is -4.51. The standard InChI is InChI=1S/C28H27F2N3O4S/c1-3-5-9-25-32-27(34)26(28(35)33(25)24(4-2)19-7-6-8-21(29)14-19)38(36,37)23-12-10-18(11-13-23)20-15-22(30)17-31-16-20/h6-8,10-17,24,35H,3-5,9H2,1-2H3. The summed E-state index contributed by atoms with van der Waals surface area (Å²) in [5.41, 5.74) is 0.393. The molecule has 1 unspecified atom stereocenters. The number of unbranched alkanes of at least 4 members (excludes halogenated alkanes) is 1. The highest BCUT2D eigenvalue weighted by Crippen LogP contribution is 2.34. The molecule has 4 rings (SSSR count). The molecule has 198 valence electrons. The molecule has 2 aromatic carbocycles. The van der Waals surface area contributed by atoms with Crippen molar-refractivity contribution < 1.29 is 22.3 Å². The molecule has 10 heteroatoms. The Morgan fingerprint density at radius 3 is 2.34 bits per heavy atom. The number of sulfone groups is 1. The van der Waals surface area contributed by atoms with Crippen LogP contribution in [0.25, 0.3) is 11.1 Å². The summed E-state index contributed by atoms with van der Waals surface area (Å²) < 4.78 is 56.2. The molecule has 0 aliphatic rings. The van der Waals surface area contributed by atoms with Gasteiger partial charge in [0, 0.05) is 18.2 Å². The van der Waals surface area contributed by atoms with Gasteiger partial charge in [0.2, 0.25) is 15.7 Å². The van der Waals surface area contributed by atoms with Crippen LogP contribution in [-0.4, -0.2) is 28.1 Å². The molecule has 1 N–H and O–H groups in total. The Morgan fingerprint density at radius 2 is 1.71 bits per heavy atom. The average molecular weight is 540 g/mol. The van der Waals surface area contributed by atoms with E-state index in [1.54, 1.807) is 6.07 Å². The molecule has 2 heterocycles. The van der Waals surface area contributed by atoms with Gasteiger partial charge in [0.05, 0.1) is 17.1 Å². The van der Waals surface area contributed by atoms with Crippen molar-refractivity contribution in [3.8, 4) is 17.0 Å². The Labute approximate surface area is 219 Å². The molecule has 0 bridgehead atoms. The van der Waals surface area contributed by atoms with E-state index < -0.39 is 43.8 Å². The monoisotopic (exact) mass is 539 g/mol. The SMILES string of the molecule is CCCCc1nc(=O)c(S(=O)(=O)c2ccc(-c3cncc(F)c3)cc2)c(O)n1C(CC)c1cccc(F)c1. The summed E-state index contributed by atoms with van der Waals surface area (Å²) in [6.45, 7) is 3.76. The molecule has 0 aliphatic carbocycles. The van der Waals surface area contributed by atoms with E-state index in [0.717, 1.165) is 12.6 Å². The van der Waals surface area contributed by atoms with E-state index in [0.29, 0.717) is 36.0 Å².